The summed E-state index contributed by atoms with van der Waals surface area (Å²) in [4.78, 5) is 3.84. The molecule has 0 radical (unpaired) electrons. The number of halogens is 5. The molecule has 1 saturated carbocycles. The number of benzene rings is 4. The SMILES string of the molecule is C=CC1=CCC(C2(C3C=CC=CC3)C3C=CC=CC3C3C=CC(N(c4ccc5oc6ccc(N7C8=CC(C9CC=CCC9)C(C=C8)C8C=CC=CC8C8=C(CC(C=C)C=C8)c8cc(F)c(F)cc87)cc6c5c4)c4cc(F)c(F)cc4F)=CC32)CC1. The number of fused-ring (bicyclic) bond motifs is 7. The monoisotopic (exact) mass is 1130 g/mol. The summed E-state index contributed by atoms with van der Waals surface area (Å²) in [6.45, 7) is 8.31. The lowest BCUT2D eigenvalue weighted by molar-refractivity contribution is 0.0205. The van der Waals surface area contributed by atoms with Gasteiger partial charge < -0.3 is 14.2 Å². The normalized spacial score (nSPS) is 31.3. The molecule has 16 rings (SSSR count). The Morgan fingerprint density at radius 1 is 0.612 bits per heavy atom. The first-order chi connectivity index (χ1) is 41.6. The minimum absolute atomic E-state index is 0.0165. The number of allylic oxidation sites excluding steroid dienone is 28. The van der Waals surface area contributed by atoms with Crippen LogP contribution >= 0.6 is 0 Å². The van der Waals surface area contributed by atoms with Gasteiger partial charge in [-0.15, -0.1) is 6.58 Å². The summed E-state index contributed by atoms with van der Waals surface area (Å²) in [5.41, 5.74) is 7.94. The third-order valence-corrected chi connectivity index (χ3v) is 21.1. The van der Waals surface area contributed by atoms with Crippen LogP contribution < -0.4 is 9.80 Å². The minimum atomic E-state index is -1.27. The predicted molar refractivity (Wildman–Crippen MR) is 335 cm³/mol. The standard InChI is InChI=1S/C77H67F5N2O/c1-3-46-23-26-50(27-24-46)77(49-17-9-6-10-18-49)66-22-14-13-21-59(66)60-34-29-54(41-67(60)77)84(74-45-71(81)69(79)43-72(74)82)53-31-36-76-65(40-53)64-39-52(30-35-75(64)85-76)83-51-28-33-57(61(38-51)48-15-7-5-8-16-48)55-19-11-12-20-56(55)58-32-25-47(4-2)37-62(58)63-42-68(78)70(80)44-73(63)83/h3-7,9-14,17,19-23,25,28-36,38-45,47-50,55-57,59-61,66-67H,1-2,8,15-16,18,24,26-27,37H2. The second-order valence-corrected chi connectivity index (χ2v) is 25.1. The molecule has 4 aromatic carbocycles. The summed E-state index contributed by atoms with van der Waals surface area (Å²) in [6.07, 6.45) is 63.2. The summed E-state index contributed by atoms with van der Waals surface area (Å²) in [7, 11) is 0. The second-order valence-electron chi connectivity index (χ2n) is 25.1. The van der Waals surface area contributed by atoms with Gasteiger partial charge in [-0.05, 0) is 188 Å². The first kappa shape index (κ1) is 53.5. The lowest BCUT2D eigenvalue weighted by atomic mass is 9.51. The highest BCUT2D eigenvalue weighted by Crippen LogP contribution is 2.68. The molecule has 13 atom stereocenters. The van der Waals surface area contributed by atoms with Crippen molar-refractivity contribution in [3.63, 3.8) is 0 Å². The molecule has 0 amide bonds. The molecule has 426 valence electrons. The molecule has 2 aliphatic heterocycles. The van der Waals surface area contributed by atoms with Crippen molar-refractivity contribution in [2.45, 2.75) is 51.4 Å². The fourth-order valence-corrected chi connectivity index (χ4v) is 17.4. The zero-order valence-corrected chi connectivity index (χ0v) is 47.4. The molecule has 1 fully saturated rings. The Labute approximate surface area is 494 Å². The van der Waals surface area contributed by atoms with Crippen molar-refractivity contribution in [3.8, 4) is 0 Å². The fourth-order valence-electron chi connectivity index (χ4n) is 17.4. The fraction of sp³-hybridized carbons (Fsp3) is 0.273. The summed E-state index contributed by atoms with van der Waals surface area (Å²) < 4.78 is 87.2. The van der Waals surface area contributed by atoms with Crippen LogP contribution in [0.3, 0.4) is 0 Å². The van der Waals surface area contributed by atoms with Crippen molar-refractivity contribution in [1.82, 2.24) is 0 Å². The van der Waals surface area contributed by atoms with Crippen LogP contribution in [0.5, 0.6) is 0 Å². The average molecular weight is 1130 g/mol. The van der Waals surface area contributed by atoms with Gasteiger partial charge in [-0.1, -0.05) is 152 Å². The molecule has 9 aliphatic carbocycles. The third-order valence-electron chi connectivity index (χ3n) is 21.1. The van der Waals surface area contributed by atoms with Gasteiger partial charge in [0.2, 0.25) is 0 Å². The molecule has 2 bridgehead atoms. The molecule has 0 spiro atoms. The zero-order valence-electron chi connectivity index (χ0n) is 47.4. The van der Waals surface area contributed by atoms with Gasteiger partial charge >= 0.3 is 0 Å². The quantitative estimate of drug-likeness (QED) is 0.0833. The maximum atomic E-state index is 16.9. The summed E-state index contributed by atoms with van der Waals surface area (Å²) in [6, 6.07) is 16.0. The Hall–Kier alpha value is -8.23. The van der Waals surface area contributed by atoms with Crippen LogP contribution in [0.25, 0.3) is 27.5 Å². The van der Waals surface area contributed by atoms with Crippen molar-refractivity contribution in [2.75, 3.05) is 9.80 Å². The van der Waals surface area contributed by atoms with Crippen molar-refractivity contribution < 1.29 is 26.4 Å². The van der Waals surface area contributed by atoms with E-state index in [2.05, 4.69) is 152 Å². The summed E-state index contributed by atoms with van der Waals surface area (Å²) >= 11 is 0. The highest BCUT2D eigenvalue weighted by atomic mass is 19.2. The topological polar surface area (TPSA) is 19.6 Å². The van der Waals surface area contributed by atoms with Crippen LogP contribution in [0.1, 0.15) is 56.9 Å². The first-order valence-electron chi connectivity index (χ1n) is 30.6. The van der Waals surface area contributed by atoms with Gasteiger partial charge in [-0.2, -0.15) is 0 Å². The summed E-state index contributed by atoms with van der Waals surface area (Å²) in [5, 5.41) is 1.43. The molecule has 3 heterocycles. The van der Waals surface area contributed by atoms with E-state index in [0.29, 0.717) is 69.2 Å². The van der Waals surface area contributed by atoms with Crippen molar-refractivity contribution in [3.05, 3.63) is 283 Å². The van der Waals surface area contributed by atoms with Gasteiger partial charge in [-0.25, -0.2) is 22.0 Å². The number of rotatable bonds is 9. The molecule has 0 saturated heterocycles. The van der Waals surface area contributed by atoms with Gasteiger partial charge in [0.1, 0.15) is 17.0 Å². The van der Waals surface area contributed by atoms with E-state index in [1.165, 1.54) is 17.7 Å². The lowest BCUT2D eigenvalue weighted by Gasteiger charge is -2.52. The van der Waals surface area contributed by atoms with Crippen LogP contribution in [0.15, 0.2) is 253 Å². The van der Waals surface area contributed by atoms with Crippen molar-refractivity contribution >= 4 is 50.3 Å². The molecule has 1 aromatic heterocycles. The molecular weight excluding hydrogens is 1060 g/mol. The van der Waals surface area contributed by atoms with E-state index in [1.54, 1.807) is 4.90 Å². The second kappa shape index (κ2) is 21.4. The van der Waals surface area contributed by atoms with Gasteiger partial charge in [-0.3, -0.25) is 0 Å². The molecule has 3 nitrogen and oxygen atoms in total. The number of hydrogen-bond acceptors (Lipinski definition) is 3. The Morgan fingerprint density at radius 3 is 2.18 bits per heavy atom. The largest absolute Gasteiger partial charge is 0.456 e. The summed E-state index contributed by atoms with van der Waals surface area (Å²) in [5.74, 6) is -3.49. The average Bonchev–Trinajstić information content (AvgIpc) is 1.66. The number of furan rings is 1. The van der Waals surface area contributed by atoms with Gasteiger partial charge in [0.05, 0.1) is 11.4 Å². The van der Waals surface area contributed by atoms with Crippen LogP contribution in [0.2, 0.25) is 0 Å². The third kappa shape index (κ3) is 8.78. The maximum absolute atomic E-state index is 16.9. The Kier molecular flexibility index (Phi) is 13.5. The molecule has 13 unspecified atom stereocenters. The molecule has 11 aliphatic rings. The Bertz CT molecular complexity index is 4090. The van der Waals surface area contributed by atoms with E-state index < -0.39 is 29.1 Å². The number of anilines is 4. The van der Waals surface area contributed by atoms with Crippen LogP contribution in [-0.2, 0) is 0 Å². The predicted octanol–water partition coefficient (Wildman–Crippen LogP) is 20.6. The van der Waals surface area contributed by atoms with E-state index in [-0.39, 0.29) is 70.3 Å². The maximum Gasteiger partial charge on any atom is 0.161 e. The highest BCUT2D eigenvalue weighted by Gasteiger charge is 2.63. The lowest BCUT2D eigenvalue weighted by Crippen LogP contribution is -2.47. The first-order valence-corrected chi connectivity index (χ1v) is 30.6. The molecule has 85 heavy (non-hydrogen) atoms. The van der Waals surface area contributed by atoms with Gasteiger partial charge in [0, 0.05) is 63.2 Å². The van der Waals surface area contributed by atoms with Gasteiger partial charge in [0.15, 0.2) is 23.3 Å². The van der Waals surface area contributed by atoms with Crippen LogP contribution in [0, 0.1) is 106 Å². The van der Waals surface area contributed by atoms with E-state index in [4.69, 9.17) is 4.42 Å². The minimum Gasteiger partial charge on any atom is -0.456 e. The van der Waals surface area contributed by atoms with Gasteiger partial charge in [0.25, 0.3) is 0 Å². The van der Waals surface area contributed by atoms with E-state index >= 15 is 22.0 Å². The van der Waals surface area contributed by atoms with E-state index in [1.807, 2.05) is 54.6 Å². The van der Waals surface area contributed by atoms with Crippen molar-refractivity contribution in [2.24, 2.45) is 76.4 Å². The van der Waals surface area contributed by atoms with E-state index in [9.17, 15) is 0 Å². The smallest absolute Gasteiger partial charge is 0.161 e. The Morgan fingerprint density at radius 2 is 1.38 bits per heavy atom. The zero-order chi connectivity index (χ0) is 57.7. The van der Waals surface area contributed by atoms with Crippen LogP contribution in [-0.4, -0.2) is 0 Å². The number of hydrogen-bond donors (Lipinski definition) is 0. The highest BCUT2D eigenvalue weighted by molar-refractivity contribution is 6.08. The van der Waals surface area contributed by atoms with Crippen LogP contribution in [0.4, 0.5) is 44.7 Å². The molecule has 8 heteroatoms. The number of nitrogens with zero attached hydrogens (tertiary/aromatic N) is 2. The van der Waals surface area contributed by atoms with Crippen molar-refractivity contribution in [1.29, 1.82) is 0 Å². The molecule has 5 aromatic rings. The molecule has 0 N–H and O–H groups in total. The Balaban J connectivity index is 0.917. The van der Waals surface area contributed by atoms with E-state index in [0.717, 1.165) is 73.2 Å². The molecular formula is C77H67F5N2O.